The number of hydrogen-bond acceptors (Lipinski definition) is 4. The monoisotopic (exact) mass is 263 g/mol. The smallest absolute Gasteiger partial charge is 0.142 e. The lowest BCUT2D eigenvalue weighted by atomic mass is 10.1. The summed E-state index contributed by atoms with van der Waals surface area (Å²) in [7, 11) is 4.14. The zero-order chi connectivity index (χ0) is 13.9. The van der Waals surface area contributed by atoms with Crippen molar-refractivity contribution in [2.75, 3.05) is 20.7 Å². The molecule has 0 saturated heterocycles. The van der Waals surface area contributed by atoms with Gasteiger partial charge in [-0.05, 0) is 46.9 Å². The molecule has 1 aromatic heterocycles. The highest BCUT2D eigenvalue weighted by Crippen LogP contribution is 2.23. The lowest BCUT2D eigenvalue weighted by Gasteiger charge is -2.32. The van der Waals surface area contributed by atoms with Gasteiger partial charge in [-0.1, -0.05) is 0 Å². The lowest BCUT2D eigenvalue weighted by Crippen LogP contribution is -2.43. The van der Waals surface area contributed by atoms with Crippen LogP contribution in [0, 0.1) is 0 Å². The molecule has 0 aliphatic heterocycles. The van der Waals surface area contributed by atoms with E-state index in [1.54, 1.807) is 0 Å². The van der Waals surface area contributed by atoms with Gasteiger partial charge in [0, 0.05) is 29.9 Å². The minimum atomic E-state index is 0.0109. The van der Waals surface area contributed by atoms with Crippen LogP contribution in [0.5, 0.6) is 5.75 Å². The average Bonchev–Trinajstić information content (AvgIpc) is 3.18. The standard InChI is InChI=1S/C15H25N3O/c1-15(2,18(3)4)11-19-14-10-16-8-7-12(14)9-17-13-5-6-13/h7-8,10,13,17H,5-6,9,11H2,1-4H3. The number of likely N-dealkylation sites (N-methyl/N-ethyl adjacent to an activating group) is 1. The number of hydrogen-bond donors (Lipinski definition) is 1. The third-order valence-electron chi connectivity index (χ3n) is 3.82. The molecule has 0 amide bonds. The molecule has 1 aliphatic carbocycles. The fraction of sp³-hybridized carbons (Fsp3) is 0.667. The van der Waals surface area contributed by atoms with Gasteiger partial charge in [0.2, 0.25) is 0 Å². The van der Waals surface area contributed by atoms with Crippen LogP contribution in [-0.4, -0.2) is 42.2 Å². The summed E-state index contributed by atoms with van der Waals surface area (Å²) in [6, 6.07) is 2.74. The van der Waals surface area contributed by atoms with Crippen LogP contribution in [0.15, 0.2) is 18.5 Å². The molecule has 1 saturated carbocycles. The first-order chi connectivity index (χ1) is 8.99. The molecule has 1 heterocycles. The zero-order valence-corrected chi connectivity index (χ0v) is 12.4. The molecule has 2 rings (SSSR count). The highest BCUT2D eigenvalue weighted by atomic mass is 16.5. The van der Waals surface area contributed by atoms with Crippen LogP contribution < -0.4 is 10.1 Å². The molecule has 1 aromatic rings. The number of ether oxygens (including phenoxy) is 1. The summed E-state index contributed by atoms with van der Waals surface area (Å²) in [5, 5.41) is 3.51. The first kappa shape index (κ1) is 14.3. The normalized spacial score (nSPS) is 15.8. The van der Waals surface area contributed by atoms with Crippen LogP contribution in [0.2, 0.25) is 0 Å². The second kappa shape index (κ2) is 5.88. The van der Waals surface area contributed by atoms with Gasteiger partial charge < -0.3 is 15.0 Å². The molecule has 4 heteroatoms. The lowest BCUT2D eigenvalue weighted by molar-refractivity contribution is 0.113. The summed E-state index contributed by atoms with van der Waals surface area (Å²) in [6.07, 6.45) is 6.24. The summed E-state index contributed by atoms with van der Waals surface area (Å²) in [5.74, 6) is 0.894. The van der Waals surface area contributed by atoms with E-state index in [-0.39, 0.29) is 5.54 Å². The van der Waals surface area contributed by atoms with Gasteiger partial charge in [-0.25, -0.2) is 0 Å². The maximum Gasteiger partial charge on any atom is 0.142 e. The molecule has 1 fully saturated rings. The molecule has 106 valence electrons. The van der Waals surface area contributed by atoms with Crippen molar-refractivity contribution in [2.45, 2.75) is 44.8 Å². The number of pyridine rings is 1. The van der Waals surface area contributed by atoms with Crippen molar-refractivity contribution in [3.63, 3.8) is 0 Å². The van der Waals surface area contributed by atoms with Crippen molar-refractivity contribution in [2.24, 2.45) is 0 Å². The fourth-order valence-corrected chi connectivity index (χ4v) is 1.61. The zero-order valence-electron chi connectivity index (χ0n) is 12.4. The van der Waals surface area contributed by atoms with E-state index in [0.29, 0.717) is 12.6 Å². The second-order valence-corrected chi connectivity index (χ2v) is 6.13. The Balaban J connectivity index is 1.94. The highest BCUT2D eigenvalue weighted by molar-refractivity contribution is 5.30. The van der Waals surface area contributed by atoms with Crippen molar-refractivity contribution in [1.82, 2.24) is 15.2 Å². The minimum absolute atomic E-state index is 0.0109. The van der Waals surface area contributed by atoms with E-state index in [9.17, 15) is 0 Å². The van der Waals surface area contributed by atoms with Gasteiger partial charge in [-0.3, -0.25) is 4.98 Å². The Kier molecular flexibility index (Phi) is 4.42. The van der Waals surface area contributed by atoms with Crippen LogP contribution >= 0.6 is 0 Å². The largest absolute Gasteiger partial charge is 0.490 e. The van der Waals surface area contributed by atoms with Crippen LogP contribution in [-0.2, 0) is 6.54 Å². The van der Waals surface area contributed by atoms with Crippen molar-refractivity contribution in [1.29, 1.82) is 0 Å². The third-order valence-corrected chi connectivity index (χ3v) is 3.82. The van der Waals surface area contributed by atoms with Crippen molar-refractivity contribution in [3.05, 3.63) is 24.0 Å². The molecular formula is C15H25N3O. The quantitative estimate of drug-likeness (QED) is 0.817. The van der Waals surface area contributed by atoms with E-state index in [0.717, 1.165) is 12.3 Å². The van der Waals surface area contributed by atoms with Gasteiger partial charge in [0.05, 0.1) is 6.20 Å². The predicted molar refractivity (Wildman–Crippen MR) is 77.4 cm³/mol. The van der Waals surface area contributed by atoms with E-state index < -0.39 is 0 Å². The molecule has 0 radical (unpaired) electrons. The molecule has 1 aliphatic rings. The molecule has 0 aromatic carbocycles. The van der Waals surface area contributed by atoms with Crippen molar-refractivity contribution in [3.8, 4) is 5.75 Å². The summed E-state index contributed by atoms with van der Waals surface area (Å²) in [6.45, 7) is 5.87. The molecule has 0 unspecified atom stereocenters. The number of rotatable bonds is 7. The molecule has 0 spiro atoms. The Morgan fingerprint density at radius 2 is 2.16 bits per heavy atom. The summed E-state index contributed by atoms with van der Waals surface area (Å²) >= 11 is 0. The van der Waals surface area contributed by atoms with Gasteiger partial charge in [-0.2, -0.15) is 0 Å². The van der Waals surface area contributed by atoms with Crippen LogP contribution in [0.3, 0.4) is 0 Å². The van der Waals surface area contributed by atoms with E-state index in [4.69, 9.17) is 4.74 Å². The second-order valence-electron chi connectivity index (χ2n) is 6.13. The van der Waals surface area contributed by atoms with Crippen LogP contribution in [0.25, 0.3) is 0 Å². The van der Waals surface area contributed by atoms with Crippen LogP contribution in [0.1, 0.15) is 32.3 Å². The Labute approximate surface area is 116 Å². The van der Waals surface area contributed by atoms with E-state index >= 15 is 0 Å². The van der Waals surface area contributed by atoms with Gasteiger partial charge in [0.1, 0.15) is 12.4 Å². The maximum atomic E-state index is 5.97. The van der Waals surface area contributed by atoms with Crippen LogP contribution in [0.4, 0.5) is 0 Å². The van der Waals surface area contributed by atoms with E-state index in [1.807, 2.05) is 18.5 Å². The summed E-state index contributed by atoms with van der Waals surface area (Å²) in [5.41, 5.74) is 1.20. The molecule has 0 bridgehead atoms. The summed E-state index contributed by atoms with van der Waals surface area (Å²) in [4.78, 5) is 6.34. The molecular weight excluding hydrogens is 238 g/mol. The van der Waals surface area contributed by atoms with Gasteiger partial charge in [-0.15, -0.1) is 0 Å². The van der Waals surface area contributed by atoms with Crippen molar-refractivity contribution >= 4 is 0 Å². The number of nitrogens with one attached hydrogen (secondary N) is 1. The highest BCUT2D eigenvalue weighted by Gasteiger charge is 2.23. The third kappa shape index (κ3) is 4.18. The average molecular weight is 263 g/mol. The first-order valence-corrected chi connectivity index (χ1v) is 6.95. The Bertz CT molecular complexity index is 414. The molecule has 0 atom stereocenters. The maximum absolute atomic E-state index is 5.97. The minimum Gasteiger partial charge on any atom is -0.490 e. The topological polar surface area (TPSA) is 37.4 Å². The first-order valence-electron chi connectivity index (χ1n) is 6.95. The predicted octanol–water partition coefficient (Wildman–Crippen LogP) is 2.05. The van der Waals surface area contributed by atoms with Gasteiger partial charge in [0.15, 0.2) is 0 Å². The number of nitrogens with zero attached hydrogens (tertiary/aromatic N) is 2. The fourth-order valence-electron chi connectivity index (χ4n) is 1.61. The molecule has 4 nitrogen and oxygen atoms in total. The Hall–Kier alpha value is -1.13. The SMILES string of the molecule is CN(C)C(C)(C)COc1cnccc1CNC1CC1. The molecule has 19 heavy (non-hydrogen) atoms. The van der Waals surface area contributed by atoms with E-state index in [2.05, 4.69) is 43.1 Å². The van der Waals surface area contributed by atoms with Gasteiger partial charge in [0.25, 0.3) is 0 Å². The Morgan fingerprint density at radius 1 is 1.42 bits per heavy atom. The number of aromatic nitrogens is 1. The molecule has 1 N–H and O–H groups in total. The van der Waals surface area contributed by atoms with Crippen molar-refractivity contribution < 1.29 is 4.74 Å². The summed E-state index contributed by atoms with van der Waals surface area (Å²) < 4.78 is 5.97. The van der Waals surface area contributed by atoms with Gasteiger partial charge >= 0.3 is 0 Å². The van der Waals surface area contributed by atoms with E-state index in [1.165, 1.54) is 18.4 Å². The Morgan fingerprint density at radius 3 is 2.79 bits per heavy atom.